The van der Waals surface area contributed by atoms with Crippen molar-refractivity contribution in [2.45, 2.75) is 6.92 Å². The Kier molecular flexibility index (Phi) is 3.06. The molecule has 0 unspecified atom stereocenters. The highest BCUT2D eigenvalue weighted by atomic mass is 35.5. The monoisotopic (exact) mass is 222 g/mol. The Morgan fingerprint density at radius 3 is 2.69 bits per heavy atom. The summed E-state index contributed by atoms with van der Waals surface area (Å²) in [7, 11) is 0. The molecule has 0 bridgehead atoms. The summed E-state index contributed by atoms with van der Waals surface area (Å²) >= 11 is 11.3. The zero-order valence-corrected chi connectivity index (χ0v) is 8.39. The molecule has 2 N–H and O–H groups in total. The van der Waals surface area contributed by atoms with Gasteiger partial charge in [-0.2, -0.15) is 0 Å². The van der Waals surface area contributed by atoms with Gasteiger partial charge in [0, 0.05) is 0 Å². The van der Waals surface area contributed by atoms with Crippen molar-refractivity contribution in [3.63, 3.8) is 0 Å². The Balaban J connectivity index is 3.06. The molecule has 0 fully saturated rings. The minimum absolute atomic E-state index is 0.0634. The summed E-state index contributed by atoms with van der Waals surface area (Å²) in [6, 6.07) is 1.38. The Morgan fingerprint density at radius 2 is 2.31 bits per heavy atom. The van der Waals surface area contributed by atoms with Gasteiger partial charge < -0.3 is 10.6 Å². The second-order valence-corrected chi connectivity index (χ2v) is 3.05. The highest BCUT2D eigenvalue weighted by Gasteiger charge is 2.18. The smallest absolute Gasteiger partial charge is 0.358 e. The summed E-state index contributed by atoms with van der Waals surface area (Å²) in [5.41, 5.74) is 0.0634. The first-order valence-electron chi connectivity index (χ1n) is 3.56. The quantitative estimate of drug-likeness (QED) is 0.613. The molecule has 1 rings (SSSR count). The molecule has 72 valence electrons. The Labute approximate surface area is 85.1 Å². The maximum absolute atomic E-state index is 11.2. The summed E-state index contributed by atoms with van der Waals surface area (Å²) in [6.07, 6.45) is 0. The molecule has 0 aliphatic heterocycles. The van der Waals surface area contributed by atoms with Crippen molar-refractivity contribution in [3.05, 3.63) is 21.9 Å². The number of nitrogens with two attached hydrogens (primary N) is 1. The van der Waals surface area contributed by atoms with Gasteiger partial charge >= 0.3 is 5.97 Å². The van der Waals surface area contributed by atoms with Crippen LogP contribution in [0.25, 0.3) is 0 Å². The number of carbonyl (C=O) groups excluding carboxylic acids is 1. The lowest BCUT2D eigenvalue weighted by Gasteiger charge is -2.03. The van der Waals surface area contributed by atoms with E-state index in [1.807, 2.05) is 0 Å². The number of rotatable bonds is 2. The van der Waals surface area contributed by atoms with Gasteiger partial charge in [0.25, 0.3) is 0 Å². The molecular weight excluding hydrogens is 215 g/mol. The molecule has 0 aliphatic carbocycles. The van der Waals surface area contributed by atoms with Gasteiger partial charge in [0.15, 0.2) is 5.69 Å². The molecule has 0 saturated heterocycles. The highest BCUT2D eigenvalue weighted by molar-refractivity contribution is 6.36. The van der Waals surface area contributed by atoms with Crippen LogP contribution in [-0.4, -0.2) is 17.3 Å². The second-order valence-electron chi connectivity index (χ2n) is 2.25. The molecule has 1 heterocycles. The van der Waals surface area contributed by atoms with Crippen molar-refractivity contribution in [2.75, 3.05) is 12.4 Å². The standard InChI is InChI=1S/C7H8Cl2N2O2/c1-2-13-7(12)6-4(8)3-5(9)11(6)10/h3H,2,10H2,1H3. The lowest BCUT2D eigenvalue weighted by atomic mass is 10.4. The van der Waals surface area contributed by atoms with E-state index in [-0.39, 0.29) is 22.5 Å². The van der Waals surface area contributed by atoms with Crippen molar-refractivity contribution in [1.29, 1.82) is 0 Å². The van der Waals surface area contributed by atoms with Crippen LogP contribution in [0.2, 0.25) is 10.2 Å². The van der Waals surface area contributed by atoms with Gasteiger partial charge in [-0.25, -0.2) is 9.47 Å². The molecular formula is C7H8Cl2N2O2. The van der Waals surface area contributed by atoms with E-state index < -0.39 is 5.97 Å². The molecule has 0 aliphatic rings. The fourth-order valence-electron chi connectivity index (χ4n) is 0.860. The number of hydrogen-bond donors (Lipinski definition) is 1. The molecule has 0 atom stereocenters. The van der Waals surface area contributed by atoms with Crippen molar-refractivity contribution >= 4 is 29.2 Å². The molecule has 0 aromatic carbocycles. The van der Waals surface area contributed by atoms with Crippen LogP contribution in [0.3, 0.4) is 0 Å². The first-order valence-corrected chi connectivity index (χ1v) is 4.32. The Hall–Kier alpha value is -0.870. The molecule has 1 aromatic rings. The fourth-order valence-corrected chi connectivity index (χ4v) is 1.38. The molecule has 6 heteroatoms. The maximum Gasteiger partial charge on any atom is 0.358 e. The van der Waals surface area contributed by atoms with Crippen molar-refractivity contribution in [3.8, 4) is 0 Å². The van der Waals surface area contributed by atoms with E-state index in [1.54, 1.807) is 6.92 Å². The first kappa shape index (κ1) is 10.2. The van der Waals surface area contributed by atoms with Crippen LogP contribution in [0.1, 0.15) is 17.4 Å². The molecule has 0 spiro atoms. The predicted molar refractivity (Wildman–Crippen MR) is 50.6 cm³/mol. The Bertz CT molecular complexity index is 335. The number of aromatic nitrogens is 1. The number of nitrogens with zero attached hydrogens (tertiary/aromatic N) is 1. The van der Waals surface area contributed by atoms with Crippen molar-refractivity contribution < 1.29 is 9.53 Å². The molecule has 0 saturated carbocycles. The summed E-state index contributed by atoms with van der Waals surface area (Å²) in [5, 5.41) is 0.374. The van der Waals surface area contributed by atoms with E-state index in [2.05, 4.69) is 0 Å². The van der Waals surface area contributed by atoms with Gasteiger partial charge in [0.1, 0.15) is 5.15 Å². The average molecular weight is 223 g/mol. The zero-order chi connectivity index (χ0) is 10.0. The summed E-state index contributed by atoms with van der Waals surface area (Å²) in [5.74, 6) is 4.85. The number of ether oxygens (including phenoxy) is 1. The second kappa shape index (κ2) is 3.89. The molecule has 0 radical (unpaired) electrons. The average Bonchev–Trinajstić information content (AvgIpc) is 2.27. The van der Waals surface area contributed by atoms with Crippen molar-refractivity contribution in [2.24, 2.45) is 0 Å². The third-order valence-electron chi connectivity index (χ3n) is 1.41. The minimum Gasteiger partial charge on any atom is -0.461 e. The topological polar surface area (TPSA) is 57.2 Å². The number of nitrogen functional groups attached to an aromatic ring is 1. The number of esters is 1. The summed E-state index contributed by atoms with van der Waals surface area (Å²) in [6.45, 7) is 1.95. The molecule has 4 nitrogen and oxygen atoms in total. The largest absolute Gasteiger partial charge is 0.461 e. The van der Waals surface area contributed by atoms with Crippen LogP contribution < -0.4 is 5.84 Å². The highest BCUT2D eigenvalue weighted by Crippen LogP contribution is 2.23. The van der Waals surface area contributed by atoms with Gasteiger partial charge in [-0.1, -0.05) is 23.2 Å². The van der Waals surface area contributed by atoms with Gasteiger partial charge in [0.05, 0.1) is 11.6 Å². The van der Waals surface area contributed by atoms with Crippen LogP contribution >= 0.6 is 23.2 Å². The lowest BCUT2D eigenvalue weighted by Crippen LogP contribution is -2.18. The van der Waals surface area contributed by atoms with E-state index >= 15 is 0 Å². The normalized spacial score (nSPS) is 10.1. The molecule has 1 aromatic heterocycles. The number of hydrogen-bond acceptors (Lipinski definition) is 3. The van der Waals surface area contributed by atoms with Gasteiger partial charge in [-0.05, 0) is 13.0 Å². The van der Waals surface area contributed by atoms with Crippen LogP contribution in [0.15, 0.2) is 6.07 Å². The summed E-state index contributed by atoms with van der Waals surface area (Å²) in [4.78, 5) is 11.2. The van der Waals surface area contributed by atoms with Crippen LogP contribution in [0.5, 0.6) is 0 Å². The third kappa shape index (κ3) is 1.89. The first-order chi connectivity index (χ1) is 6.07. The Morgan fingerprint density at radius 1 is 1.69 bits per heavy atom. The van der Waals surface area contributed by atoms with E-state index in [9.17, 15) is 4.79 Å². The number of carbonyl (C=O) groups is 1. The van der Waals surface area contributed by atoms with E-state index in [0.29, 0.717) is 0 Å². The lowest BCUT2D eigenvalue weighted by molar-refractivity contribution is 0.0516. The van der Waals surface area contributed by atoms with Crippen LogP contribution in [0, 0.1) is 0 Å². The SMILES string of the molecule is CCOC(=O)c1c(Cl)cc(Cl)n1N. The van der Waals surface area contributed by atoms with Crippen molar-refractivity contribution in [1.82, 2.24) is 4.68 Å². The zero-order valence-electron chi connectivity index (χ0n) is 6.88. The minimum atomic E-state index is -0.582. The third-order valence-corrected chi connectivity index (χ3v) is 1.99. The van der Waals surface area contributed by atoms with Gasteiger partial charge in [-0.3, -0.25) is 0 Å². The van der Waals surface area contributed by atoms with E-state index in [0.717, 1.165) is 4.68 Å². The molecule has 0 amide bonds. The fraction of sp³-hybridized carbons (Fsp3) is 0.286. The summed E-state index contributed by atoms with van der Waals surface area (Å²) < 4.78 is 5.71. The predicted octanol–water partition coefficient (Wildman–Crippen LogP) is 1.69. The van der Waals surface area contributed by atoms with E-state index in [4.69, 9.17) is 33.8 Å². The van der Waals surface area contributed by atoms with E-state index in [1.165, 1.54) is 6.07 Å². The number of halogens is 2. The maximum atomic E-state index is 11.2. The molecule has 13 heavy (non-hydrogen) atoms. The van der Waals surface area contributed by atoms with Gasteiger partial charge in [-0.15, -0.1) is 0 Å². The van der Waals surface area contributed by atoms with Crippen LogP contribution in [0.4, 0.5) is 0 Å². The van der Waals surface area contributed by atoms with Gasteiger partial charge in [0.2, 0.25) is 0 Å². The van der Waals surface area contributed by atoms with Crippen LogP contribution in [-0.2, 0) is 4.74 Å².